The fourth-order valence-corrected chi connectivity index (χ4v) is 4.90. The molecule has 0 bridgehead atoms. The van der Waals surface area contributed by atoms with E-state index in [1.807, 2.05) is 0 Å². The normalized spacial score (nSPS) is 18.8. The molecule has 2 aromatic rings. The Hall–Kier alpha value is -0.993. The Kier molecular flexibility index (Phi) is 8.31. The van der Waals surface area contributed by atoms with Crippen LogP contribution in [0.5, 0.6) is 0 Å². The predicted molar refractivity (Wildman–Crippen MR) is 105 cm³/mol. The van der Waals surface area contributed by atoms with Crippen LogP contribution in [-0.4, -0.2) is 9.52 Å². The molecule has 2 heteroatoms. The Labute approximate surface area is 168 Å². The van der Waals surface area contributed by atoms with Crippen molar-refractivity contribution in [3.8, 4) is 0 Å². The van der Waals surface area contributed by atoms with Crippen molar-refractivity contribution in [2.24, 2.45) is 0 Å². The second-order valence-corrected chi connectivity index (χ2v) is 7.16. The largest absolute Gasteiger partial charge is 0.358 e. The van der Waals surface area contributed by atoms with Crippen LogP contribution in [0.4, 0.5) is 0 Å². The first-order valence-electron chi connectivity index (χ1n) is 7.67. The smallest absolute Gasteiger partial charge is 0.0397 e. The van der Waals surface area contributed by atoms with Gasteiger partial charge in [-0.2, -0.15) is 0 Å². The fourth-order valence-electron chi connectivity index (χ4n) is 3.40. The third-order valence-electron chi connectivity index (χ3n) is 4.54. The molecule has 2 aliphatic carbocycles. The first-order valence-corrected chi connectivity index (χ1v) is 9.08. The number of benzene rings is 2. The molecule has 2 radical (unpaired) electrons. The van der Waals surface area contributed by atoms with E-state index >= 15 is 0 Å². The Morgan fingerprint density at radius 3 is 1.54 bits per heavy atom. The number of fused-ring (bicyclic) bond motifs is 2. The summed E-state index contributed by atoms with van der Waals surface area (Å²) in [5.74, 6) is 1.28. The zero-order valence-electron chi connectivity index (χ0n) is 14.5. The van der Waals surface area contributed by atoms with Gasteiger partial charge in [0.25, 0.3) is 0 Å². The van der Waals surface area contributed by atoms with E-state index in [2.05, 4.69) is 72.8 Å². The van der Waals surface area contributed by atoms with Gasteiger partial charge in [-0.25, -0.2) is 0 Å². The minimum atomic E-state index is 0. The van der Waals surface area contributed by atoms with Crippen molar-refractivity contribution in [1.82, 2.24) is 0 Å². The van der Waals surface area contributed by atoms with Crippen LogP contribution >= 0.6 is 0 Å². The first-order chi connectivity index (χ1) is 10.4. The van der Waals surface area contributed by atoms with Crippen LogP contribution in [0, 0.1) is 14.9 Å². The van der Waals surface area contributed by atoms with Gasteiger partial charge in [0.1, 0.15) is 0 Å². The van der Waals surface area contributed by atoms with Crippen molar-refractivity contribution in [3.63, 3.8) is 0 Å². The fraction of sp³-hybridized carbons (Fsp3) is 0.182. The van der Waals surface area contributed by atoms with Gasteiger partial charge >= 0.3 is 0 Å². The van der Waals surface area contributed by atoms with Crippen LogP contribution < -0.4 is 0 Å². The van der Waals surface area contributed by atoms with E-state index in [0.717, 1.165) is 9.52 Å². The van der Waals surface area contributed by atoms with E-state index < -0.39 is 0 Å². The van der Waals surface area contributed by atoms with E-state index in [-0.39, 0.29) is 40.7 Å². The summed E-state index contributed by atoms with van der Waals surface area (Å²) >= 11 is 0. The average Bonchev–Trinajstić information content (AvgIpc) is 3.13. The zero-order chi connectivity index (χ0) is 14.1. The molecule has 2 atom stereocenters. The minimum absolute atomic E-state index is 0. The van der Waals surface area contributed by atoms with Crippen molar-refractivity contribution in [2.75, 3.05) is 0 Å². The third kappa shape index (κ3) is 4.15. The maximum absolute atomic E-state index is 2.39. The van der Waals surface area contributed by atoms with E-state index in [1.165, 1.54) is 34.3 Å². The Morgan fingerprint density at radius 2 is 1.08 bits per heavy atom. The molecule has 2 aliphatic rings. The number of allylic oxidation sites excluding steroid dienone is 2. The summed E-state index contributed by atoms with van der Waals surface area (Å²) < 4.78 is 0. The van der Waals surface area contributed by atoms with E-state index in [9.17, 15) is 0 Å². The molecule has 0 aromatic heterocycles. The summed E-state index contributed by atoms with van der Waals surface area (Å²) in [5, 5.41) is 0. The first kappa shape index (κ1) is 21.1. The monoisotopic (exact) mass is 496 g/mol. The van der Waals surface area contributed by atoms with Crippen LogP contribution in [0.25, 0.3) is 12.2 Å². The predicted octanol–water partition coefficient (Wildman–Crippen LogP) is 6.05. The molecule has 0 saturated carbocycles. The molecule has 0 amide bonds. The summed E-state index contributed by atoms with van der Waals surface area (Å²) in [6, 6.07) is 20.2. The van der Waals surface area contributed by atoms with Crippen LogP contribution in [0.2, 0.25) is 12.1 Å². The standard InChI is InChI=1S/C20H18Si.2CH3.Hf/c1-3-7-19-15(5-1)9-11-17(19)13-21-14-18-12-10-16-6-2-4-8-20(16)18;;;/h1-12,17-18H,13-14H2;2*1H3;/q;2*-1;. The number of hydrogen-bond donors (Lipinski definition) is 0. The second kappa shape index (κ2) is 9.48. The quantitative estimate of drug-likeness (QED) is 0.359. The molecular weight excluding hydrogens is 471 g/mol. The molecule has 0 fully saturated rings. The Bertz CT molecular complexity index is 656. The van der Waals surface area contributed by atoms with Gasteiger partial charge in [-0.15, -0.1) is 0 Å². The van der Waals surface area contributed by atoms with Crippen molar-refractivity contribution < 1.29 is 25.8 Å². The number of hydrogen-bond acceptors (Lipinski definition) is 0. The molecule has 0 spiro atoms. The van der Waals surface area contributed by atoms with Gasteiger partial charge in [-0.05, 0) is 34.1 Å². The summed E-state index contributed by atoms with van der Waals surface area (Å²) in [6.07, 6.45) is 9.34. The van der Waals surface area contributed by atoms with Gasteiger partial charge in [0.15, 0.2) is 0 Å². The summed E-state index contributed by atoms with van der Waals surface area (Å²) in [5.41, 5.74) is 5.87. The minimum Gasteiger partial charge on any atom is -0.358 e. The molecule has 122 valence electrons. The topological polar surface area (TPSA) is 0 Å². The van der Waals surface area contributed by atoms with Crippen molar-refractivity contribution >= 4 is 21.7 Å². The Morgan fingerprint density at radius 1 is 0.667 bits per heavy atom. The van der Waals surface area contributed by atoms with Crippen LogP contribution in [0.3, 0.4) is 0 Å². The number of rotatable bonds is 4. The molecular formula is C22H24HfSi-2. The van der Waals surface area contributed by atoms with Gasteiger partial charge in [-0.1, -0.05) is 84.9 Å². The molecule has 0 nitrogen and oxygen atoms in total. The van der Waals surface area contributed by atoms with E-state index in [1.54, 1.807) is 0 Å². The molecule has 2 unspecified atom stereocenters. The van der Waals surface area contributed by atoms with Crippen molar-refractivity contribution in [2.45, 2.75) is 23.9 Å². The van der Waals surface area contributed by atoms with Gasteiger partial charge in [-0.3, -0.25) is 0 Å². The molecule has 0 N–H and O–H groups in total. The van der Waals surface area contributed by atoms with Crippen molar-refractivity contribution in [1.29, 1.82) is 0 Å². The van der Waals surface area contributed by atoms with Crippen LogP contribution in [-0.2, 0) is 25.8 Å². The van der Waals surface area contributed by atoms with Crippen LogP contribution in [0.1, 0.15) is 34.1 Å². The molecule has 24 heavy (non-hydrogen) atoms. The summed E-state index contributed by atoms with van der Waals surface area (Å²) in [7, 11) is 1.02. The van der Waals surface area contributed by atoms with E-state index in [4.69, 9.17) is 0 Å². The molecule has 0 aliphatic heterocycles. The van der Waals surface area contributed by atoms with E-state index in [0.29, 0.717) is 11.8 Å². The SMILES string of the molecule is C1=CC(C[Si]CC2C=Cc3ccccc32)c2ccccc21.[CH3-].[CH3-].[Hf]. The molecule has 2 aromatic carbocycles. The van der Waals surface area contributed by atoms with Gasteiger partial charge in [0.05, 0.1) is 0 Å². The molecule has 4 rings (SSSR count). The van der Waals surface area contributed by atoms with Crippen molar-refractivity contribution in [3.05, 3.63) is 97.8 Å². The Balaban J connectivity index is 0.000000960. The maximum Gasteiger partial charge on any atom is 0.0397 e. The second-order valence-electron chi connectivity index (χ2n) is 5.85. The summed E-state index contributed by atoms with van der Waals surface area (Å²) in [4.78, 5) is 0. The van der Waals surface area contributed by atoms with Crippen LogP contribution in [0.15, 0.2) is 60.7 Å². The average molecular weight is 495 g/mol. The zero-order valence-corrected chi connectivity index (χ0v) is 19.1. The van der Waals surface area contributed by atoms with Gasteiger partial charge in [0.2, 0.25) is 0 Å². The summed E-state index contributed by atoms with van der Waals surface area (Å²) in [6.45, 7) is 0. The molecule has 0 heterocycles. The maximum atomic E-state index is 2.39. The van der Waals surface area contributed by atoms with Gasteiger partial charge in [0, 0.05) is 35.4 Å². The molecule has 0 saturated heterocycles. The third-order valence-corrected chi connectivity index (χ3v) is 5.99. The van der Waals surface area contributed by atoms with Gasteiger partial charge < -0.3 is 14.9 Å².